The molecule has 6 nitrogen and oxygen atoms in total. The van der Waals surface area contributed by atoms with Crippen molar-refractivity contribution >= 4 is 23.6 Å². The molecular formula is C21H27N3O3S. The Morgan fingerprint density at radius 3 is 2.71 bits per heavy atom. The fraction of sp³-hybridized carbons (Fsp3) is 0.476. The summed E-state index contributed by atoms with van der Waals surface area (Å²) < 4.78 is 6.97. The quantitative estimate of drug-likeness (QED) is 0.592. The van der Waals surface area contributed by atoms with Crippen molar-refractivity contribution in [3.63, 3.8) is 0 Å². The lowest BCUT2D eigenvalue weighted by atomic mass is 9.81. The van der Waals surface area contributed by atoms with E-state index in [9.17, 15) is 9.59 Å². The standard InChI is InChI=1S/C21H27N3O3S/c1-15-7-8-16(2)17(13-15)24-12-11-22-20(24)28-14-18(25)23-21(19(26)27-3)9-5-4-6-10-21/h7-8,11-13H,4-6,9-10,14H2,1-3H3,(H,23,25). The first-order valence-corrected chi connectivity index (χ1v) is 10.6. The van der Waals surface area contributed by atoms with Gasteiger partial charge in [-0.15, -0.1) is 0 Å². The van der Waals surface area contributed by atoms with Crippen LogP contribution in [-0.2, 0) is 14.3 Å². The van der Waals surface area contributed by atoms with Gasteiger partial charge in [-0.1, -0.05) is 43.2 Å². The third-order valence-corrected chi connectivity index (χ3v) is 6.19. The van der Waals surface area contributed by atoms with Gasteiger partial charge in [0.1, 0.15) is 5.54 Å². The summed E-state index contributed by atoms with van der Waals surface area (Å²) in [6.07, 6.45) is 7.81. The third kappa shape index (κ3) is 4.41. The van der Waals surface area contributed by atoms with Gasteiger partial charge in [-0.05, 0) is 43.9 Å². The molecule has 7 heteroatoms. The minimum atomic E-state index is -0.882. The first-order valence-electron chi connectivity index (χ1n) is 9.58. The number of carbonyl (C=O) groups excluding carboxylic acids is 2. The number of hydrogen-bond acceptors (Lipinski definition) is 5. The minimum Gasteiger partial charge on any atom is -0.467 e. The molecule has 0 spiro atoms. The van der Waals surface area contributed by atoms with E-state index < -0.39 is 5.54 Å². The van der Waals surface area contributed by atoms with E-state index in [1.54, 1.807) is 6.20 Å². The van der Waals surface area contributed by atoms with Gasteiger partial charge < -0.3 is 10.1 Å². The van der Waals surface area contributed by atoms with Crippen LogP contribution in [0.1, 0.15) is 43.2 Å². The topological polar surface area (TPSA) is 73.2 Å². The zero-order valence-corrected chi connectivity index (χ0v) is 17.5. The monoisotopic (exact) mass is 401 g/mol. The van der Waals surface area contributed by atoms with E-state index in [4.69, 9.17) is 4.74 Å². The molecule has 1 aliphatic rings. The number of aromatic nitrogens is 2. The normalized spacial score (nSPS) is 15.8. The van der Waals surface area contributed by atoms with E-state index in [0.29, 0.717) is 12.8 Å². The number of carbonyl (C=O) groups is 2. The molecule has 1 aromatic carbocycles. The average Bonchev–Trinajstić information content (AvgIpc) is 3.16. The minimum absolute atomic E-state index is 0.173. The van der Waals surface area contributed by atoms with Gasteiger partial charge in [-0.2, -0.15) is 0 Å². The Bertz CT molecular complexity index is 856. The molecule has 28 heavy (non-hydrogen) atoms. The highest BCUT2D eigenvalue weighted by atomic mass is 32.2. The van der Waals surface area contributed by atoms with Crippen molar-refractivity contribution < 1.29 is 14.3 Å². The van der Waals surface area contributed by atoms with E-state index in [2.05, 4.69) is 42.3 Å². The summed E-state index contributed by atoms with van der Waals surface area (Å²) in [7, 11) is 1.38. The Morgan fingerprint density at radius 2 is 2.00 bits per heavy atom. The molecule has 0 bridgehead atoms. The molecule has 1 amide bonds. The van der Waals surface area contributed by atoms with Crippen molar-refractivity contribution in [3.05, 3.63) is 41.7 Å². The molecule has 3 rings (SSSR count). The van der Waals surface area contributed by atoms with Crippen LogP contribution in [-0.4, -0.2) is 39.8 Å². The van der Waals surface area contributed by atoms with Crippen LogP contribution in [0, 0.1) is 13.8 Å². The van der Waals surface area contributed by atoms with Crippen LogP contribution < -0.4 is 5.32 Å². The molecule has 0 unspecified atom stereocenters. The SMILES string of the molecule is COC(=O)C1(NC(=O)CSc2nccn2-c2cc(C)ccc2C)CCCCC1. The van der Waals surface area contributed by atoms with Crippen molar-refractivity contribution in [1.82, 2.24) is 14.9 Å². The van der Waals surface area contributed by atoms with Crippen LogP contribution in [0.2, 0.25) is 0 Å². The second-order valence-corrected chi connectivity index (χ2v) is 8.28. The summed E-state index contributed by atoms with van der Waals surface area (Å²) in [5, 5.41) is 3.70. The summed E-state index contributed by atoms with van der Waals surface area (Å²) in [6.45, 7) is 4.11. The number of thioether (sulfide) groups is 1. The Kier molecular flexibility index (Phi) is 6.44. The van der Waals surface area contributed by atoms with Crippen molar-refractivity contribution in [2.24, 2.45) is 0 Å². The summed E-state index contributed by atoms with van der Waals surface area (Å²) >= 11 is 1.37. The maximum Gasteiger partial charge on any atom is 0.331 e. The first-order chi connectivity index (χ1) is 13.4. The highest BCUT2D eigenvalue weighted by molar-refractivity contribution is 7.99. The number of imidazole rings is 1. The van der Waals surface area contributed by atoms with Crippen LogP contribution >= 0.6 is 11.8 Å². The fourth-order valence-electron chi connectivity index (χ4n) is 3.72. The summed E-state index contributed by atoms with van der Waals surface area (Å²) in [4.78, 5) is 29.3. The third-order valence-electron chi connectivity index (χ3n) is 5.23. The van der Waals surface area contributed by atoms with Crippen LogP contribution in [0.15, 0.2) is 35.7 Å². The lowest BCUT2D eigenvalue weighted by Crippen LogP contribution is -2.56. The number of esters is 1. The Labute approximate surface area is 170 Å². The number of ether oxygens (including phenoxy) is 1. The van der Waals surface area contributed by atoms with Crippen LogP contribution in [0.5, 0.6) is 0 Å². The molecule has 0 saturated heterocycles. The van der Waals surface area contributed by atoms with Gasteiger partial charge in [-0.25, -0.2) is 9.78 Å². The number of hydrogen-bond donors (Lipinski definition) is 1. The second-order valence-electron chi connectivity index (χ2n) is 7.34. The fourth-order valence-corrected chi connectivity index (χ4v) is 4.49. The van der Waals surface area contributed by atoms with Crippen LogP contribution in [0.4, 0.5) is 0 Å². The maximum absolute atomic E-state index is 12.6. The smallest absolute Gasteiger partial charge is 0.331 e. The number of aryl methyl sites for hydroxylation is 2. The van der Waals surface area contributed by atoms with Gasteiger partial charge in [-0.3, -0.25) is 9.36 Å². The molecular weight excluding hydrogens is 374 g/mol. The van der Waals surface area contributed by atoms with E-state index in [1.165, 1.54) is 24.4 Å². The molecule has 1 fully saturated rings. The number of benzene rings is 1. The largest absolute Gasteiger partial charge is 0.467 e. The molecule has 2 aromatic rings. The molecule has 0 radical (unpaired) electrons. The zero-order chi connectivity index (χ0) is 20.1. The molecule has 150 valence electrons. The Morgan fingerprint density at radius 1 is 1.25 bits per heavy atom. The number of nitrogens with one attached hydrogen (secondary N) is 1. The second kappa shape index (κ2) is 8.82. The zero-order valence-electron chi connectivity index (χ0n) is 16.7. The van der Waals surface area contributed by atoms with E-state index >= 15 is 0 Å². The van der Waals surface area contributed by atoms with Gasteiger partial charge in [0.15, 0.2) is 5.16 Å². The van der Waals surface area contributed by atoms with Crippen molar-refractivity contribution in [3.8, 4) is 5.69 Å². The lowest BCUT2D eigenvalue weighted by Gasteiger charge is -2.35. The molecule has 0 atom stereocenters. The van der Waals surface area contributed by atoms with E-state index in [1.807, 2.05) is 10.8 Å². The predicted molar refractivity (Wildman–Crippen MR) is 110 cm³/mol. The van der Waals surface area contributed by atoms with Gasteiger partial charge in [0.2, 0.25) is 5.91 Å². The Balaban J connectivity index is 1.69. The Hall–Kier alpha value is -2.28. The average molecular weight is 402 g/mol. The molecule has 1 heterocycles. The number of methoxy groups -OCH3 is 1. The number of nitrogens with zero attached hydrogens (tertiary/aromatic N) is 2. The lowest BCUT2D eigenvalue weighted by molar-refractivity contribution is -0.152. The molecule has 0 aliphatic heterocycles. The summed E-state index contributed by atoms with van der Waals surface area (Å²) in [6, 6.07) is 6.26. The van der Waals surface area contributed by atoms with Gasteiger partial charge in [0.25, 0.3) is 0 Å². The van der Waals surface area contributed by atoms with Gasteiger partial charge >= 0.3 is 5.97 Å². The maximum atomic E-state index is 12.6. The highest BCUT2D eigenvalue weighted by Gasteiger charge is 2.41. The summed E-state index contributed by atoms with van der Waals surface area (Å²) in [5.41, 5.74) is 2.48. The molecule has 1 N–H and O–H groups in total. The first kappa shape index (κ1) is 20.5. The van der Waals surface area contributed by atoms with Crippen molar-refractivity contribution in [1.29, 1.82) is 0 Å². The van der Waals surface area contributed by atoms with Crippen LogP contribution in [0.3, 0.4) is 0 Å². The van der Waals surface area contributed by atoms with E-state index in [0.717, 1.165) is 35.7 Å². The molecule has 1 aliphatic carbocycles. The number of amides is 1. The summed E-state index contributed by atoms with van der Waals surface area (Å²) in [5.74, 6) is -0.323. The highest BCUT2D eigenvalue weighted by Crippen LogP contribution is 2.30. The molecule has 1 saturated carbocycles. The van der Waals surface area contributed by atoms with Gasteiger partial charge in [0.05, 0.1) is 18.6 Å². The van der Waals surface area contributed by atoms with Crippen molar-refractivity contribution in [2.75, 3.05) is 12.9 Å². The number of rotatable bonds is 6. The molecule has 1 aromatic heterocycles. The van der Waals surface area contributed by atoms with E-state index in [-0.39, 0.29) is 17.6 Å². The predicted octanol–water partition coefficient (Wildman–Crippen LogP) is 3.57. The van der Waals surface area contributed by atoms with Crippen LogP contribution in [0.25, 0.3) is 5.69 Å². The van der Waals surface area contributed by atoms with Crippen molar-refractivity contribution in [2.45, 2.75) is 56.6 Å². The van der Waals surface area contributed by atoms with Gasteiger partial charge in [0, 0.05) is 12.4 Å².